The smallest absolute Gasteiger partial charge is 0.349 e. The van der Waals surface area contributed by atoms with Gasteiger partial charge in [-0.05, 0) is 24.3 Å². The van der Waals surface area contributed by atoms with Crippen molar-refractivity contribution >= 4 is 17.5 Å². The molecule has 1 heterocycles. The maximum Gasteiger partial charge on any atom is 0.418 e. The van der Waals surface area contributed by atoms with Gasteiger partial charge in [0, 0.05) is 6.54 Å². The van der Waals surface area contributed by atoms with Crippen LogP contribution in [0, 0.1) is 0 Å². The summed E-state index contributed by atoms with van der Waals surface area (Å²) < 4.78 is 40.5. The summed E-state index contributed by atoms with van der Waals surface area (Å²) in [5.74, 6) is -1.15. The number of halogens is 3. The number of para-hydroxylation sites is 2. The second-order valence-corrected chi connectivity index (χ2v) is 6.06. The van der Waals surface area contributed by atoms with E-state index in [9.17, 15) is 22.8 Å². The molecule has 30 heavy (non-hydrogen) atoms. The van der Waals surface area contributed by atoms with Crippen molar-refractivity contribution in [1.82, 2.24) is 20.3 Å². The SMILES string of the molecule is C=CCNC(=O)c1ccccc1NC(=O)c1cn(-c2ccccc2C(F)(F)F)nn1. The number of nitrogens with zero attached hydrogens (tertiary/aromatic N) is 3. The Morgan fingerprint density at radius 2 is 1.77 bits per heavy atom. The van der Waals surface area contributed by atoms with Gasteiger partial charge in [0.05, 0.1) is 28.7 Å². The minimum Gasteiger partial charge on any atom is -0.349 e. The first-order chi connectivity index (χ1) is 14.3. The number of carbonyl (C=O) groups is 2. The Kier molecular flexibility index (Phi) is 5.95. The lowest BCUT2D eigenvalue weighted by atomic mass is 10.1. The fourth-order valence-corrected chi connectivity index (χ4v) is 2.64. The summed E-state index contributed by atoms with van der Waals surface area (Å²) in [7, 11) is 0. The molecule has 0 radical (unpaired) electrons. The van der Waals surface area contributed by atoms with Crippen LogP contribution in [0.5, 0.6) is 0 Å². The first-order valence-corrected chi connectivity index (χ1v) is 8.69. The minimum atomic E-state index is -4.59. The Bertz CT molecular complexity index is 1090. The number of rotatable bonds is 6. The van der Waals surface area contributed by atoms with Gasteiger partial charge in [0.1, 0.15) is 0 Å². The van der Waals surface area contributed by atoms with Gasteiger partial charge in [0.25, 0.3) is 11.8 Å². The van der Waals surface area contributed by atoms with E-state index in [2.05, 4.69) is 27.5 Å². The number of hydrogen-bond donors (Lipinski definition) is 2. The van der Waals surface area contributed by atoms with Crippen LogP contribution in [0.2, 0.25) is 0 Å². The molecule has 154 valence electrons. The lowest BCUT2D eigenvalue weighted by molar-refractivity contribution is -0.137. The van der Waals surface area contributed by atoms with E-state index in [0.717, 1.165) is 16.9 Å². The van der Waals surface area contributed by atoms with Crippen LogP contribution < -0.4 is 10.6 Å². The van der Waals surface area contributed by atoms with E-state index >= 15 is 0 Å². The number of aromatic nitrogens is 3. The van der Waals surface area contributed by atoms with Crippen LogP contribution in [0.1, 0.15) is 26.4 Å². The first-order valence-electron chi connectivity index (χ1n) is 8.69. The molecule has 0 saturated heterocycles. The molecule has 0 aliphatic heterocycles. The van der Waals surface area contributed by atoms with E-state index in [1.807, 2.05) is 0 Å². The molecule has 0 saturated carbocycles. The molecule has 0 bridgehead atoms. The van der Waals surface area contributed by atoms with Gasteiger partial charge in [-0.2, -0.15) is 13.2 Å². The zero-order chi connectivity index (χ0) is 21.7. The monoisotopic (exact) mass is 415 g/mol. The van der Waals surface area contributed by atoms with Crippen molar-refractivity contribution in [3.05, 3.63) is 84.2 Å². The standard InChI is InChI=1S/C20H16F3N5O2/c1-2-11-24-18(29)13-7-3-5-9-15(13)25-19(30)16-12-28(27-26-16)17-10-6-4-8-14(17)20(21,22)23/h2-10,12H,1,11H2,(H,24,29)(H,25,30). The normalized spacial score (nSPS) is 11.0. The lowest BCUT2D eigenvalue weighted by Crippen LogP contribution is -2.25. The summed E-state index contributed by atoms with van der Waals surface area (Å²) >= 11 is 0. The average Bonchev–Trinajstić information content (AvgIpc) is 3.22. The van der Waals surface area contributed by atoms with Crippen molar-refractivity contribution in [3.8, 4) is 5.69 Å². The van der Waals surface area contributed by atoms with E-state index in [-0.39, 0.29) is 29.2 Å². The van der Waals surface area contributed by atoms with Crippen LogP contribution in [0.4, 0.5) is 18.9 Å². The van der Waals surface area contributed by atoms with Crippen molar-refractivity contribution in [2.75, 3.05) is 11.9 Å². The molecule has 2 N–H and O–H groups in total. The van der Waals surface area contributed by atoms with Gasteiger partial charge in [-0.1, -0.05) is 35.6 Å². The van der Waals surface area contributed by atoms with E-state index < -0.39 is 23.6 Å². The molecule has 10 heteroatoms. The fraction of sp³-hybridized carbons (Fsp3) is 0.100. The predicted octanol–water partition coefficient (Wildman–Crippen LogP) is 3.45. The summed E-state index contributed by atoms with van der Waals surface area (Å²) in [6.07, 6.45) is -2.00. The number of anilines is 1. The molecule has 0 unspecified atom stereocenters. The lowest BCUT2D eigenvalue weighted by Gasteiger charge is -2.11. The van der Waals surface area contributed by atoms with E-state index in [1.54, 1.807) is 12.1 Å². The molecule has 0 aliphatic rings. The summed E-state index contributed by atoms with van der Waals surface area (Å²) in [5, 5.41) is 12.4. The second kappa shape index (κ2) is 8.60. The molecule has 0 aliphatic carbocycles. The van der Waals surface area contributed by atoms with Crippen LogP contribution in [-0.4, -0.2) is 33.4 Å². The quantitative estimate of drug-likeness (QED) is 0.604. The molecule has 1 aromatic heterocycles. The molecule has 2 aromatic carbocycles. The Labute approximate surface area is 169 Å². The largest absolute Gasteiger partial charge is 0.418 e. The summed E-state index contributed by atoms with van der Waals surface area (Å²) in [4.78, 5) is 24.7. The summed E-state index contributed by atoms with van der Waals surface area (Å²) in [5.41, 5.74) is -0.961. The maximum absolute atomic E-state index is 13.2. The number of hydrogen-bond acceptors (Lipinski definition) is 4. The van der Waals surface area contributed by atoms with Crippen molar-refractivity contribution in [3.63, 3.8) is 0 Å². The molecular weight excluding hydrogens is 399 g/mol. The average molecular weight is 415 g/mol. The van der Waals surface area contributed by atoms with Crippen LogP contribution in [0.15, 0.2) is 67.4 Å². The highest BCUT2D eigenvalue weighted by Gasteiger charge is 2.34. The Balaban J connectivity index is 1.84. The zero-order valence-electron chi connectivity index (χ0n) is 15.5. The van der Waals surface area contributed by atoms with Crippen molar-refractivity contribution in [2.24, 2.45) is 0 Å². The Hall–Kier alpha value is -3.95. The van der Waals surface area contributed by atoms with Gasteiger partial charge >= 0.3 is 6.18 Å². The molecule has 2 amide bonds. The molecular formula is C20H16F3N5O2. The highest BCUT2D eigenvalue weighted by Crippen LogP contribution is 2.33. The molecule has 0 atom stereocenters. The third kappa shape index (κ3) is 4.54. The van der Waals surface area contributed by atoms with Crippen LogP contribution >= 0.6 is 0 Å². The number of alkyl halides is 3. The highest BCUT2D eigenvalue weighted by molar-refractivity contribution is 6.08. The maximum atomic E-state index is 13.2. The number of benzene rings is 2. The van der Waals surface area contributed by atoms with Crippen molar-refractivity contribution in [2.45, 2.75) is 6.18 Å². The zero-order valence-corrected chi connectivity index (χ0v) is 15.5. The topological polar surface area (TPSA) is 88.9 Å². The summed E-state index contributed by atoms with van der Waals surface area (Å²) in [6, 6.07) is 11.1. The molecule has 3 rings (SSSR count). The van der Waals surface area contributed by atoms with Crippen LogP contribution in [0.25, 0.3) is 5.69 Å². The van der Waals surface area contributed by atoms with Crippen LogP contribution in [-0.2, 0) is 6.18 Å². The Morgan fingerprint density at radius 3 is 2.50 bits per heavy atom. The van der Waals surface area contributed by atoms with Gasteiger partial charge < -0.3 is 10.6 Å². The number of carbonyl (C=O) groups excluding carboxylic acids is 2. The van der Waals surface area contributed by atoms with Gasteiger partial charge in [-0.15, -0.1) is 11.7 Å². The first kappa shape index (κ1) is 20.8. The Morgan fingerprint density at radius 1 is 1.07 bits per heavy atom. The van der Waals surface area contributed by atoms with Gasteiger partial charge in [0.2, 0.25) is 0 Å². The van der Waals surface area contributed by atoms with Gasteiger partial charge in [-0.25, -0.2) is 4.68 Å². The third-order valence-electron chi connectivity index (χ3n) is 4.01. The van der Waals surface area contributed by atoms with Crippen LogP contribution in [0.3, 0.4) is 0 Å². The molecule has 7 nitrogen and oxygen atoms in total. The molecule has 3 aromatic rings. The predicted molar refractivity (Wildman–Crippen MR) is 103 cm³/mol. The van der Waals surface area contributed by atoms with Gasteiger partial charge in [-0.3, -0.25) is 9.59 Å². The second-order valence-electron chi connectivity index (χ2n) is 6.06. The van der Waals surface area contributed by atoms with Crippen molar-refractivity contribution < 1.29 is 22.8 Å². The fourth-order valence-electron chi connectivity index (χ4n) is 2.64. The molecule has 0 spiro atoms. The molecule has 0 fully saturated rings. The van der Waals surface area contributed by atoms with Gasteiger partial charge in [0.15, 0.2) is 5.69 Å². The van der Waals surface area contributed by atoms with E-state index in [0.29, 0.717) is 0 Å². The summed E-state index contributed by atoms with van der Waals surface area (Å²) in [6.45, 7) is 3.76. The number of nitrogens with one attached hydrogen (secondary N) is 2. The third-order valence-corrected chi connectivity index (χ3v) is 4.01. The van der Waals surface area contributed by atoms with Crippen molar-refractivity contribution in [1.29, 1.82) is 0 Å². The van der Waals surface area contributed by atoms with E-state index in [4.69, 9.17) is 0 Å². The van der Waals surface area contributed by atoms with E-state index in [1.165, 1.54) is 36.4 Å². The number of amides is 2. The minimum absolute atomic E-state index is 0.211. The highest BCUT2D eigenvalue weighted by atomic mass is 19.4.